The molecule has 0 bridgehead atoms. The molecule has 0 amide bonds. The van der Waals surface area contributed by atoms with E-state index in [4.69, 9.17) is 5.73 Å². The summed E-state index contributed by atoms with van der Waals surface area (Å²) in [6.07, 6.45) is 1.59. The van der Waals surface area contributed by atoms with Gasteiger partial charge < -0.3 is 11.1 Å². The Labute approximate surface area is 107 Å². The van der Waals surface area contributed by atoms with E-state index in [2.05, 4.69) is 10.4 Å². The number of aromatic nitrogens is 2. The van der Waals surface area contributed by atoms with Gasteiger partial charge in [-0.3, -0.25) is 10.1 Å². The predicted octanol–water partition coefficient (Wildman–Crippen LogP) is 1.57. The van der Waals surface area contributed by atoms with Gasteiger partial charge in [-0.25, -0.2) is 4.68 Å². The maximum absolute atomic E-state index is 11.1. The van der Waals surface area contributed by atoms with Crippen LogP contribution in [0.2, 0.25) is 0 Å². The van der Waals surface area contributed by atoms with Crippen LogP contribution in [0.4, 0.5) is 11.5 Å². The number of nitrogens with zero attached hydrogens (tertiary/aromatic N) is 3. The largest absolute Gasteiger partial charge is 0.358 e. The lowest BCUT2D eigenvalue weighted by molar-refractivity contribution is -0.384. The van der Waals surface area contributed by atoms with Gasteiger partial charge in [-0.1, -0.05) is 13.8 Å². The van der Waals surface area contributed by atoms with Crippen LogP contribution in [0, 0.1) is 17.0 Å². The van der Waals surface area contributed by atoms with Gasteiger partial charge >= 0.3 is 5.69 Å². The Balaban J connectivity index is 3.21. The summed E-state index contributed by atoms with van der Waals surface area (Å²) < 4.78 is 1.50. The average molecular weight is 255 g/mol. The molecule has 0 saturated carbocycles. The van der Waals surface area contributed by atoms with Crippen LogP contribution >= 0.6 is 0 Å². The van der Waals surface area contributed by atoms with Crippen LogP contribution in [0.1, 0.15) is 32.4 Å². The van der Waals surface area contributed by atoms with Gasteiger partial charge in [-0.15, -0.1) is 0 Å². The monoisotopic (exact) mass is 255 g/mol. The summed E-state index contributed by atoms with van der Waals surface area (Å²) in [5.41, 5.74) is 5.90. The fourth-order valence-corrected chi connectivity index (χ4v) is 2.02. The summed E-state index contributed by atoms with van der Waals surface area (Å²) >= 11 is 0. The normalized spacial score (nSPS) is 11.6. The topological polar surface area (TPSA) is 99.0 Å². The minimum atomic E-state index is -0.405. The van der Waals surface area contributed by atoms with Gasteiger partial charge in [-0.2, -0.15) is 5.10 Å². The van der Waals surface area contributed by atoms with Crippen molar-refractivity contribution >= 4 is 11.5 Å². The van der Waals surface area contributed by atoms with E-state index in [0.717, 1.165) is 12.8 Å². The molecule has 18 heavy (non-hydrogen) atoms. The standard InChI is InChI=1S/C11H21N5O2/c1-5-11(6-2,7-12)13-10-9(16(17)18)8(3)14-15(10)4/h13H,5-7,12H2,1-4H3. The number of rotatable bonds is 6. The molecular weight excluding hydrogens is 234 g/mol. The highest BCUT2D eigenvalue weighted by Gasteiger charge is 2.31. The fourth-order valence-electron chi connectivity index (χ4n) is 2.02. The highest BCUT2D eigenvalue weighted by molar-refractivity contribution is 5.60. The van der Waals surface area contributed by atoms with Crippen LogP contribution in [0.5, 0.6) is 0 Å². The summed E-state index contributed by atoms with van der Waals surface area (Å²) in [6.45, 7) is 6.07. The third-order valence-electron chi connectivity index (χ3n) is 3.50. The molecule has 1 aromatic rings. The molecule has 0 spiro atoms. The molecule has 0 aliphatic carbocycles. The molecule has 1 aromatic heterocycles. The Morgan fingerprint density at radius 1 is 1.50 bits per heavy atom. The SMILES string of the molecule is CCC(CC)(CN)Nc1c([N+](=O)[O-])c(C)nn1C. The smallest absolute Gasteiger partial charge is 0.333 e. The summed E-state index contributed by atoms with van der Waals surface area (Å²) in [6, 6.07) is 0. The van der Waals surface area contributed by atoms with Crippen molar-refractivity contribution in [3.63, 3.8) is 0 Å². The highest BCUT2D eigenvalue weighted by atomic mass is 16.6. The van der Waals surface area contributed by atoms with Crippen molar-refractivity contribution in [2.75, 3.05) is 11.9 Å². The van der Waals surface area contributed by atoms with E-state index < -0.39 is 4.92 Å². The van der Waals surface area contributed by atoms with Crippen molar-refractivity contribution in [2.24, 2.45) is 12.8 Å². The second kappa shape index (κ2) is 5.34. The van der Waals surface area contributed by atoms with Crippen molar-refractivity contribution in [3.8, 4) is 0 Å². The van der Waals surface area contributed by atoms with Gasteiger partial charge in [-0.05, 0) is 19.8 Å². The van der Waals surface area contributed by atoms with Crippen molar-refractivity contribution in [1.82, 2.24) is 9.78 Å². The third kappa shape index (κ3) is 2.45. The van der Waals surface area contributed by atoms with Gasteiger partial charge in [0, 0.05) is 13.6 Å². The van der Waals surface area contributed by atoms with E-state index in [0.29, 0.717) is 18.1 Å². The second-order valence-corrected chi connectivity index (χ2v) is 4.48. The minimum absolute atomic E-state index is 0.0252. The first-order valence-electron chi connectivity index (χ1n) is 6.07. The molecule has 0 radical (unpaired) electrons. The van der Waals surface area contributed by atoms with Crippen LogP contribution in [0.15, 0.2) is 0 Å². The molecule has 0 saturated heterocycles. The van der Waals surface area contributed by atoms with Crippen molar-refractivity contribution in [2.45, 2.75) is 39.2 Å². The van der Waals surface area contributed by atoms with E-state index in [-0.39, 0.29) is 11.2 Å². The van der Waals surface area contributed by atoms with E-state index in [1.807, 2.05) is 13.8 Å². The number of aryl methyl sites for hydroxylation is 2. The van der Waals surface area contributed by atoms with Gasteiger partial charge in [0.05, 0.1) is 10.5 Å². The van der Waals surface area contributed by atoms with Crippen molar-refractivity contribution < 1.29 is 4.92 Å². The molecule has 0 aromatic carbocycles. The zero-order valence-electron chi connectivity index (χ0n) is 11.4. The molecule has 0 atom stereocenters. The molecule has 0 aliphatic heterocycles. The number of nitrogens with two attached hydrogens (primary N) is 1. The Morgan fingerprint density at radius 3 is 2.44 bits per heavy atom. The number of hydrogen-bond donors (Lipinski definition) is 2. The average Bonchev–Trinajstić information content (AvgIpc) is 2.61. The maximum atomic E-state index is 11.1. The lowest BCUT2D eigenvalue weighted by Gasteiger charge is -2.31. The molecule has 1 rings (SSSR count). The first-order chi connectivity index (χ1) is 8.40. The first-order valence-corrected chi connectivity index (χ1v) is 6.07. The summed E-state index contributed by atoms with van der Waals surface area (Å²) in [4.78, 5) is 10.7. The predicted molar refractivity (Wildman–Crippen MR) is 70.6 cm³/mol. The second-order valence-electron chi connectivity index (χ2n) is 4.48. The highest BCUT2D eigenvalue weighted by Crippen LogP contribution is 2.31. The number of anilines is 1. The zero-order chi connectivity index (χ0) is 13.9. The van der Waals surface area contributed by atoms with Crippen LogP contribution in [0.3, 0.4) is 0 Å². The molecular formula is C11H21N5O2. The molecule has 1 heterocycles. The van der Waals surface area contributed by atoms with Gasteiger partial charge in [0.2, 0.25) is 5.82 Å². The maximum Gasteiger partial charge on any atom is 0.333 e. The van der Waals surface area contributed by atoms with Gasteiger partial charge in [0.15, 0.2) is 0 Å². The Bertz CT molecular complexity index is 429. The third-order valence-corrected chi connectivity index (χ3v) is 3.50. The summed E-state index contributed by atoms with van der Waals surface area (Å²) in [5.74, 6) is 0.423. The Kier molecular flexibility index (Phi) is 4.28. The van der Waals surface area contributed by atoms with Crippen LogP contribution in [-0.2, 0) is 7.05 Å². The molecule has 3 N–H and O–H groups in total. The van der Waals surface area contributed by atoms with Gasteiger partial charge in [0.25, 0.3) is 0 Å². The molecule has 7 nitrogen and oxygen atoms in total. The van der Waals surface area contributed by atoms with Crippen LogP contribution in [0.25, 0.3) is 0 Å². The molecule has 7 heteroatoms. The molecule has 0 fully saturated rings. The first kappa shape index (κ1) is 14.4. The molecule has 0 unspecified atom stereocenters. The van der Waals surface area contributed by atoms with E-state index in [1.54, 1.807) is 14.0 Å². The number of hydrogen-bond acceptors (Lipinski definition) is 5. The van der Waals surface area contributed by atoms with E-state index in [1.165, 1.54) is 4.68 Å². The van der Waals surface area contributed by atoms with E-state index >= 15 is 0 Å². The lowest BCUT2D eigenvalue weighted by atomic mass is 9.93. The van der Waals surface area contributed by atoms with E-state index in [9.17, 15) is 10.1 Å². The van der Waals surface area contributed by atoms with Gasteiger partial charge in [0.1, 0.15) is 5.69 Å². The minimum Gasteiger partial charge on any atom is -0.358 e. The quantitative estimate of drug-likeness (QED) is 0.593. The Morgan fingerprint density at radius 2 is 2.06 bits per heavy atom. The summed E-state index contributed by atoms with van der Waals surface area (Å²) in [5, 5.41) is 18.4. The number of nitro groups is 1. The Hall–Kier alpha value is -1.63. The molecule has 102 valence electrons. The summed E-state index contributed by atoms with van der Waals surface area (Å²) in [7, 11) is 1.69. The fraction of sp³-hybridized carbons (Fsp3) is 0.727. The van der Waals surface area contributed by atoms with Crippen LogP contribution < -0.4 is 11.1 Å². The number of nitrogens with one attached hydrogen (secondary N) is 1. The van der Waals surface area contributed by atoms with Crippen molar-refractivity contribution in [1.29, 1.82) is 0 Å². The van der Waals surface area contributed by atoms with Crippen molar-refractivity contribution in [3.05, 3.63) is 15.8 Å². The molecule has 0 aliphatic rings. The zero-order valence-corrected chi connectivity index (χ0v) is 11.4. The lowest BCUT2D eigenvalue weighted by Crippen LogP contribution is -2.45. The van der Waals surface area contributed by atoms with Crippen LogP contribution in [-0.4, -0.2) is 26.8 Å².